The lowest BCUT2D eigenvalue weighted by atomic mass is 9.75. The van der Waals surface area contributed by atoms with Gasteiger partial charge in [-0.2, -0.15) is 0 Å². The molecular weight excluding hydrogens is 510 g/mol. The zero-order chi connectivity index (χ0) is 28.5. The first-order valence-corrected chi connectivity index (χ1v) is 13.3. The minimum atomic E-state index is -1.06. The lowest BCUT2D eigenvalue weighted by Crippen LogP contribution is -2.30. The molecule has 1 heterocycles. The number of aliphatic hydroxyl groups excluding tert-OH is 1. The fourth-order valence-corrected chi connectivity index (χ4v) is 4.84. The Kier molecular flexibility index (Phi) is 8.54. The van der Waals surface area contributed by atoms with Crippen molar-refractivity contribution in [2.75, 3.05) is 6.61 Å². The van der Waals surface area contributed by atoms with Crippen molar-refractivity contribution in [1.29, 1.82) is 0 Å². The zero-order valence-corrected chi connectivity index (χ0v) is 22.4. The molecule has 0 amide bonds. The Bertz CT molecular complexity index is 1630. The molecule has 5 aromatic rings. The number of benzene rings is 4. The van der Waals surface area contributed by atoms with Crippen molar-refractivity contribution < 1.29 is 19.4 Å². The number of aromatic nitrogens is 1. The van der Waals surface area contributed by atoms with Crippen molar-refractivity contribution in [3.63, 3.8) is 0 Å². The third kappa shape index (κ3) is 6.04. The molecule has 0 bridgehead atoms. The third-order valence-corrected chi connectivity index (χ3v) is 7.02. The predicted octanol–water partition coefficient (Wildman–Crippen LogP) is 6.04. The Balaban J connectivity index is 1.63. The van der Waals surface area contributed by atoms with Gasteiger partial charge in [-0.1, -0.05) is 127 Å². The van der Waals surface area contributed by atoms with Crippen LogP contribution in [-0.2, 0) is 23.3 Å². The maximum absolute atomic E-state index is 13.4. The van der Waals surface area contributed by atoms with Gasteiger partial charge >= 0.3 is 5.97 Å². The monoisotopic (exact) mass is 539 g/mol. The molecule has 41 heavy (non-hydrogen) atoms. The van der Waals surface area contributed by atoms with Crippen LogP contribution >= 0.6 is 0 Å². The van der Waals surface area contributed by atoms with Gasteiger partial charge in [0.15, 0.2) is 6.29 Å². The average Bonchev–Trinajstić information content (AvgIpc) is 3.39. The van der Waals surface area contributed by atoms with Gasteiger partial charge in [-0.3, -0.25) is 4.79 Å². The van der Waals surface area contributed by atoms with Gasteiger partial charge < -0.3 is 14.4 Å². The highest BCUT2D eigenvalue weighted by Crippen LogP contribution is 2.32. The molecule has 5 heteroatoms. The summed E-state index contributed by atoms with van der Waals surface area (Å²) >= 11 is 0. The molecule has 0 aliphatic rings. The molecule has 0 radical (unpaired) electrons. The maximum Gasteiger partial charge on any atom is 0.355 e. The number of hydrogen-bond donors (Lipinski definition) is 1. The second-order valence-electron chi connectivity index (χ2n) is 9.63. The van der Waals surface area contributed by atoms with E-state index in [1.54, 1.807) is 4.57 Å². The Morgan fingerprint density at radius 1 is 0.780 bits per heavy atom. The van der Waals surface area contributed by atoms with E-state index in [2.05, 4.69) is 11.8 Å². The number of aliphatic hydroxyl groups is 1. The molecule has 0 spiro atoms. The van der Waals surface area contributed by atoms with Gasteiger partial charge in [0, 0.05) is 12.1 Å². The summed E-state index contributed by atoms with van der Waals surface area (Å²) in [6, 6.07) is 39.7. The van der Waals surface area contributed by atoms with Gasteiger partial charge in [-0.25, -0.2) is 4.79 Å². The van der Waals surface area contributed by atoms with E-state index in [4.69, 9.17) is 4.74 Å². The summed E-state index contributed by atoms with van der Waals surface area (Å²) in [5.74, 6) is 5.96. The SMILES string of the molecule is O=Cc1cc(C(=O)OCc2ccccc2)n(Cc2ccccc2)c1C#CC(CO)(c1ccccc1)c1ccccc1. The molecule has 1 N–H and O–H groups in total. The first-order valence-electron chi connectivity index (χ1n) is 13.3. The predicted molar refractivity (Wildman–Crippen MR) is 159 cm³/mol. The summed E-state index contributed by atoms with van der Waals surface area (Å²) in [5, 5.41) is 10.8. The standard InChI is InChI=1S/C36H29NO4/c38-25-30-23-34(35(40)41-26-29-15-7-2-8-16-29)37(24-28-13-5-1-6-14-28)33(30)21-22-36(27-39,31-17-9-3-10-18-31)32-19-11-4-12-20-32/h1-20,23,25,39H,24,26-27H2. The number of hydrogen-bond acceptors (Lipinski definition) is 4. The van der Waals surface area contributed by atoms with Crippen molar-refractivity contribution >= 4 is 12.3 Å². The van der Waals surface area contributed by atoms with Crippen LogP contribution in [0.2, 0.25) is 0 Å². The summed E-state index contributed by atoms with van der Waals surface area (Å²) in [7, 11) is 0. The molecule has 0 saturated heterocycles. The molecule has 1 aromatic heterocycles. The van der Waals surface area contributed by atoms with E-state index >= 15 is 0 Å². The summed E-state index contributed by atoms with van der Waals surface area (Å²) in [6.07, 6.45) is 0.700. The van der Waals surface area contributed by atoms with Gasteiger partial charge in [0.25, 0.3) is 0 Å². The van der Waals surface area contributed by atoms with Crippen LogP contribution in [0.1, 0.15) is 48.8 Å². The Labute approximate surface area is 239 Å². The molecule has 0 unspecified atom stereocenters. The van der Waals surface area contributed by atoms with Gasteiger partial charge in [0.1, 0.15) is 23.4 Å². The van der Waals surface area contributed by atoms with Crippen LogP contribution in [0.15, 0.2) is 127 Å². The second-order valence-corrected chi connectivity index (χ2v) is 9.63. The van der Waals surface area contributed by atoms with E-state index in [9.17, 15) is 14.7 Å². The number of aldehydes is 1. The van der Waals surface area contributed by atoms with Gasteiger partial charge in [-0.15, -0.1) is 0 Å². The summed E-state index contributed by atoms with van der Waals surface area (Å²) in [6.45, 7) is 0.121. The molecule has 0 aliphatic carbocycles. The van der Waals surface area contributed by atoms with Crippen LogP contribution in [-0.4, -0.2) is 28.5 Å². The topological polar surface area (TPSA) is 68.5 Å². The summed E-state index contributed by atoms with van der Waals surface area (Å²) in [4.78, 5) is 25.7. The van der Waals surface area contributed by atoms with Crippen LogP contribution in [0.25, 0.3) is 0 Å². The van der Waals surface area contributed by atoms with Crippen LogP contribution in [0.3, 0.4) is 0 Å². The van der Waals surface area contributed by atoms with Crippen molar-refractivity contribution in [2.45, 2.75) is 18.6 Å². The van der Waals surface area contributed by atoms with Crippen LogP contribution in [0.4, 0.5) is 0 Å². The van der Waals surface area contributed by atoms with E-state index in [1.807, 2.05) is 121 Å². The fraction of sp³-hybridized carbons (Fsp3) is 0.111. The van der Waals surface area contributed by atoms with E-state index in [1.165, 1.54) is 6.07 Å². The Morgan fingerprint density at radius 3 is 1.80 bits per heavy atom. The normalized spacial score (nSPS) is 10.9. The van der Waals surface area contributed by atoms with E-state index in [-0.39, 0.29) is 24.5 Å². The molecule has 0 fully saturated rings. The molecule has 0 atom stereocenters. The largest absolute Gasteiger partial charge is 0.456 e. The first kappa shape index (κ1) is 27.4. The minimum absolute atomic E-state index is 0.100. The smallest absolute Gasteiger partial charge is 0.355 e. The third-order valence-electron chi connectivity index (χ3n) is 7.02. The Morgan fingerprint density at radius 2 is 1.29 bits per heavy atom. The lowest BCUT2D eigenvalue weighted by molar-refractivity contribution is 0.0460. The molecule has 202 valence electrons. The number of carbonyl (C=O) groups is 2. The highest BCUT2D eigenvalue weighted by Gasteiger charge is 2.32. The highest BCUT2D eigenvalue weighted by atomic mass is 16.5. The summed E-state index contributed by atoms with van der Waals surface area (Å²) in [5.41, 5.74) is 3.24. The van der Waals surface area contributed by atoms with Crippen molar-refractivity contribution in [3.8, 4) is 11.8 Å². The molecular formula is C36H29NO4. The van der Waals surface area contributed by atoms with Crippen molar-refractivity contribution in [1.82, 2.24) is 4.57 Å². The second kappa shape index (κ2) is 12.8. The van der Waals surface area contributed by atoms with Gasteiger partial charge in [-0.05, 0) is 34.2 Å². The molecule has 5 nitrogen and oxygen atoms in total. The Hall–Kier alpha value is -5.18. The van der Waals surface area contributed by atoms with E-state index in [0.717, 1.165) is 22.3 Å². The zero-order valence-electron chi connectivity index (χ0n) is 22.4. The molecule has 0 saturated carbocycles. The van der Waals surface area contributed by atoms with E-state index in [0.29, 0.717) is 18.5 Å². The van der Waals surface area contributed by atoms with E-state index < -0.39 is 11.4 Å². The first-order chi connectivity index (χ1) is 20.1. The number of rotatable bonds is 9. The number of esters is 1. The van der Waals surface area contributed by atoms with Crippen molar-refractivity contribution in [2.24, 2.45) is 0 Å². The maximum atomic E-state index is 13.4. The molecule has 5 rings (SSSR count). The quantitative estimate of drug-likeness (QED) is 0.141. The van der Waals surface area contributed by atoms with Crippen molar-refractivity contribution in [3.05, 3.63) is 167 Å². The average molecular weight is 540 g/mol. The van der Waals surface area contributed by atoms with Crippen LogP contribution in [0, 0.1) is 11.8 Å². The molecule has 4 aromatic carbocycles. The number of nitrogens with zero attached hydrogens (tertiary/aromatic N) is 1. The highest BCUT2D eigenvalue weighted by molar-refractivity contribution is 5.92. The minimum Gasteiger partial charge on any atom is -0.456 e. The van der Waals surface area contributed by atoms with Gasteiger partial charge in [0.2, 0.25) is 0 Å². The lowest BCUT2D eigenvalue weighted by Gasteiger charge is -2.27. The van der Waals surface area contributed by atoms with Crippen LogP contribution in [0.5, 0.6) is 0 Å². The summed E-state index contributed by atoms with van der Waals surface area (Å²) < 4.78 is 7.37. The fourth-order valence-electron chi connectivity index (χ4n) is 4.84. The number of carbonyl (C=O) groups excluding carboxylic acids is 2. The van der Waals surface area contributed by atoms with Crippen LogP contribution < -0.4 is 0 Å². The van der Waals surface area contributed by atoms with Gasteiger partial charge in [0.05, 0.1) is 6.61 Å². The molecule has 0 aliphatic heterocycles. The number of ether oxygens (including phenoxy) is 1.